The van der Waals surface area contributed by atoms with E-state index in [1.165, 1.54) is 18.3 Å². The Morgan fingerprint density at radius 3 is 2.56 bits per heavy atom. The fourth-order valence-electron chi connectivity index (χ4n) is 1.44. The zero-order valence-electron chi connectivity index (χ0n) is 12.1. The van der Waals surface area contributed by atoms with Gasteiger partial charge in [0, 0.05) is 0 Å². The number of hydrogen-bond acceptors (Lipinski definition) is 6. The number of pyridine rings is 1. The molecule has 1 unspecified atom stereocenters. The van der Waals surface area contributed by atoms with E-state index < -0.39 is 24.8 Å². The topological polar surface area (TPSA) is 100 Å². The summed E-state index contributed by atoms with van der Waals surface area (Å²) in [6.45, 7) is 0. The Kier molecular flexibility index (Phi) is 6.13. The molecule has 0 aliphatic carbocycles. The quantitative estimate of drug-likeness (QED) is 0.768. The molecule has 25 heavy (non-hydrogen) atoms. The third-order valence-electron chi connectivity index (χ3n) is 2.44. The van der Waals surface area contributed by atoms with Gasteiger partial charge in [-0.15, -0.1) is 0 Å². The van der Waals surface area contributed by atoms with Gasteiger partial charge >= 0.3 is 12.5 Å². The molecule has 2 rings (SSSR count). The lowest BCUT2D eigenvalue weighted by atomic mass is 10.3. The largest absolute Gasteiger partial charge is 0.436 e. The van der Waals surface area contributed by atoms with Crippen molar-refractivity contribution in [1.82, 2.24) is 15.0 Å². The van der Waals surface area contributed by atoms with Crippen LogP contribution < -0.4 is 15.2 Å². The van der Waals surface area contributed by atoms with Crippen LogP contribution >= 0.6 is 15.9 Å². The average Bonchev–Trinajstić information content (AvgIpc) is 2.56. The maximum atomic E-state index is 13.0. The highest BCUT2D eigenvalue weighted by atomic mass is 79.9. The van der Waals surface area contributed by atoms with E-state index in [0.29, 0.717) is 5.69 Å². The number of primary amides is 1. The van der Waals surface area contributed by atoms with Gasteiger partial charge in [-0.05, 0) is 39.9 Å². The fraction of sp³-hybridized carbons (Fsp3) is 0.143. The van der Waals surface area contributed by atoms with Crippen LogP contribution in [-0.4, -0.2) is 33.8 Å². The van der Waals surface area contributed by atoms with Crippen LogP contribution in [0.3, 0.4) is 0 Å². The van der Waals surface area contributed by atoms with Crippen LogP contribution in [0.25, 0.3) is 0 Å². The molecule has 7 nitrogen and oxygen atoms in total. The second kappa shape index (κ2) is 8.29. The number of amides is 1. The van der Waals surface area contributed by atoms with Crippen LogP contribution in [0, 0.1) is 11.8 Å². The zero-order chi connectivity index (χ0) is 18.4. The lowest BCUT2D eigenvalue weighted by Crippen LogP contribution is -2.20. The summed E-state index contributed by atoms with van der Waals surface area (Å²) in [5.41, 5.74) is 5.23. The monoisotopic (exact) mass is 416 g/mol. The Balaban J connectivity index is 2.18. The van der Waals surface area contributed by atoms with Gasteiger partial charge in [-0.3, -0.25) is 0 Å². The summed E-state index contributed by atoms with van der Waals surface area (Å²) in [4.78, 5) is 21.9. The molecule has 0 spiro atoms. The number of carbonyl (C=O) groups is 1. The molecule has 1 atom stereocenters. The van der Waals surface area contributed by atoms with Crippen molar-refractivity contribution in [2.24, 2.45) is 5.73 Å². The van der Waals surface area contributed by atoms with Crippen molar-refractivity contribution in [1.29, 1.82) is 0 Å². The predicted molar refractivity (Wildman–Crippen MR) is 81.7 cm³/mol. The molecule has 0 bridgehead atoms. The molecular weight excluding hydrogens is 409 g/mol. The molecule has 0 aromatic carbocycles. The first-order valence-electron chi connectivity index (χ1n) is 6.41. The van der Waals surface area contributed by atoms with E-state index in [2.05, 4.69) is 52.2 Å². The SMILES string of the molecule is NC(=O)Oc1ccc(C#Cc2ncnc(OC(F)C(F)F)c2Br)nc1. The van der Waals surface area contributed by atoms with Gasteiger partial charge in [-0.2, -0.15) is 4.39 Å². The number of nitrogens with zero attached hydrogens (tertiary/aromatic N) is 3. The Labute approximate surface area is 147 Å². The number of nitrogens with two attached hydrogens (primary N) is 1. The number of ether oxygens (including phenoxy) is 2. The highest BCUT2D eigenvalue weighted by Gasteiger charge is 2.23. The van der Waals surface area contributed by atoms with Crippen LogP contribution in [0.15, 0.2) is 29.1 Å². The van der Waals surface area contributed by atoms with Gasteiger partial charge in [0.15, 0.2) is 5.75 Å². The minimum atomic E-state index is -3.32. The molecule has 0 saturated carbocycles. The van der Waals surface area contributed by atoms with E-state index >= 15 is 0 Å². The highest BCUT2D eigenvalue weighted by molar-refractivity contribution is 9.10. The molecule has 1 amide bonds. The van der Waals surface area contributed by atoms with E-state index in [-0.39, 0.29) is 15.9 Å². The molecular formula is C14H8BrF3N4O3. The van der Waals surface area contributed by atoms with Crippen molar-refractivity contribution in [2.45, 2.75) is 12.8 Å². The van der Waals surface area contributed by atoms with Crippen molar-refractivity contribution in [3.8, 4) is 23.5 Å². The van der Waals surface area contributed by atoms with Crippen LogP contribution in [-0.2, 0) is 0 Å². The van der Waals surface area contributed by atoms with E-state index in [9.17, 15) is 18.0 Å². The lowest BCUT2D eigenvalue weighted by Gasteiger charge is -2.10. The zero-order valence-corrected chi connectivity index (χ0v) is 13.7. The molecule has 0 radical (unpaired) electrons. The Hall–Kier alpha value is -2.87. The summed E-state index contributed by atoms with van der Waals surface area (Å²) in [6, 6.07) is 2.87. The molecule has 0 aliphatic rings. The summed E-state index contributed by atoms with van der Waals surface area (Å²) in [7, 11) is 0. The number of hydrogen-bond donors (Lipinski definition) is 1. The van der Waals surface area contributed by atoms with Crippen molar-refractivity contribution < 1.29 is 27.4 Å². The minimum absolute atomic E-state index is 0.0134. The number of alkyl halides is 3. The second-order valence-electron chi connectivity index (χ2n) is 4.20. The van der Waals surface area contributed by atoms with Crippen LogP contribution in [0.5, 0.6) is 11.6 Å². The molecule has 11 heteroatoms. The lowest BCUT2D eigenvalue weighted by molar-refractivity contribution is -0.0695. The Bertz CT molecular complexity index is 824. The third kappa shape index (κ3) is 5.32. The fourth-order valence-corrected chi connectivity index (χ4v) is 1.83. The van der Waals surface area contributed by atoms with Gasteiger partial charge in [0.25, 0.3) is 6.36 Å². The summed E-state index contributed by atoms with van der Waals surface area (Å²) in [6.07, 6.45) is -4.91. The second-order valence-corrected chi connectivity index (χ2v) is 4.99. The molecule has 0 saturated heterocycles. The number of rotatable bonds is 4. The first-order chi connectivity index (χ1) is 11.9. The Morgan fingerprint density at radius 1 is 1.20 bits per heavy atom. The van der Waals surface area contributed by atoms with Crippen molar-refractivity contribution in [3.63, 3.8) is 0 Å². The minimum Gasteiger partial charge on any atom is -0.436 e. The molecule has 2 aromatic heterocycles. The Morgan fingerprint density at radius 2 is 1.96 bits per heavy atom. The van der Waals surface area contributed by atoms with Gasteiger partial charge in [0.05, 0.1) is 6.20 Å². The van der Waals surface area contributed by atoms with E-state index in [1.54, 1.807) is 0 Å². The standard InChI is InChI=1S/C14H8BrF3N4O3/c15-10-9(21-6-22-13(10)25-12(18)11(16)17)4-2-7-1-3-8(5-20-7)24-14(19)23/h1,3,5-6,11-12H,(H2,19,23). The van der Waals surface area contributed by atoms with Gasteiger partial charge < -0.3 is 15.2 Å². The summed E-state index contributed by atoms with van der Waals surface area (Å²) in [5.74, 6) is 4.96. The van der Waals surface area contributed by atoms with Crippen molar-refractivity contribution in [3.05, 3.63) is 40.5 Å². The van der Waals surface area contributed by atoms with Gasteiger partial charge in [-0.1, -0.05) is 0 Å². The molecule has 0 aliphatic heterocycles. The summed E-state index contributed by atoms with van der Waals surface area (Å²) >= 11 is 3.02. The van der Waals surface area contributed by atoms with Gasteiger partial charge in [0.1, 0.15) is 22.2 Å². The molecule has 2 heterocycles. The van der Waals surface area contributed by atoms with Crippen LogP contribution in [0.2, 0.25) is 0 Å². The van der Waals surface area contributed by atoms with Crippen LogP contribution in [0.1, 0.15) is 11.4 Å². The van der Waals surface area contributed by atoms with Gasteiger partial charge in [0.2, 0.25) is 5.88 Å². The van der Waals surface area contributed by atoms with Crippen molar-refractivity contribution >= 4 is 22.0 Å². The van der Waals surface area contributed by atoms with Crippen LogP contribution in [0.4, 0.5) is 18.0 Å². The third-order valence-corrected chi connectivity index (χ3v) is 3.16. The van der Waals surface area contributed by atoms with E-state index in [0.717, 1.165) is 6.33 Å². The maximum Gasteiger partial charge on any atom is 0.410 e. The molecule has 2 aromatic rings. The first-order valence-corrected chi connectivity index (χ1v) is 7.21. The van der Waals surface area contributed by atoms with E-state index in [1.807, 2.05) is 0 Å². The number of carbonyl (C=O) groups excluding carboxylic acids is 1. The average molecular weight is 417 g/mol. The normalized spacial score (nSPS) is 11.4. The number of aromatic nitrogens is 3. The molecule has 2 N–H and O–H groups in total. The molecule has 130 valence electrons. The summed E-state index contributed by atoms with van der Waals surface area (Å²) in [5, 5.41) is 0. The maximum absolute atomic E-state index is 13.0. The molecule has 0 fully saturated rings. The predicted octanol–water partition coefficient (Wildman–Crippen LogP) is 2.43. The van der Waals surface area contributed by atoms with Gasteiger partial charge in [-0.25, -0.2) is 28.5 Å². The van der Waals surface area contributed by atoms with E-state index in [4.69, 9.17) is 5.73 Å². The van der Waals surface area contributed by atoms with Crippen molar-refractivity contribution in [2.75, 3.05) is 0 Å². The number of halogens is 4. The smallest absolute Gasteiger partial charge is 0.410 e. The summed E-state index contributed by atoms with van der Waals surface area (Å²) < 4.78 is 46.4. The first kappa shape index (κ1) is 18.5. The highest BCUT2D eigenvalue weighted by Crippen LogP contribution is 2.26.